The first kappa shape index (κ1) is 21.6. The fourth-order valence-corrected chi connectivity index (χ4v) is 5.39. The zero-order valence-corrected chi connectivity index (χ0v) is 19.0. The van der Waals surface area contributed by atoms with Gasteiger partial charge in [0.25, 0.3) is 0 Å². The van der Waals surface area contributed by atoms with E-state index in [-0.39, 0.29) is 34.3 Å². The molecule has 1 aromatic rings. The largest absolute Gasteiger partial charge is 0.411 e. The molecule has 1 aliphatic heterocycles. The molecule has 0 bridgehead atoms. The van der Waals surface area contributed by atoms with E-state index in [1.165, 1.54) is 0 Å². The first-order valence-electron chi connectivity index (χ1n) is 9.17. The van der Waals surface area contributed by atoms with Gasteiger partial charge in [-0.25, -0.2) is 13.1 Å². The fourth-order valence-electron chi connectivity index (χ4n) is 2.72. The second kappa shape index (κ2) is 7.35. The molecule has 0 radical (unpaired) electrons. The van der Waals surface area contributed by atoms with E-state index in [2.05, 4.69) is 38.6 Å². The molecule has 0 spiro atoms. The van der Waals surface area contributed by atoms with Crippen LogP contribution in [0.2, 0.25) is 18.1 Å². The third-order valence-corrected chi connectivity index (χ3v) is 11.6. The van der Waals surface area contributed by atoms with E-state index >= 15 is 0 Å². The Bertz CT molecular complexity index is 725. The van der Waals surface area contributed by atoms with Gasteiger partial charge in [0.15, 0.2) is 8.32 Å². The number of hydrogen-bond donors (Lipinski definition) is 1. The molecule has 0 aromatic heterocycles. The molecule has 26 heavy (non-hydrogen) atoms. The summed E-state index contributed by atoms with van der Waals surface area (Å²) in [7, 11) is -5.43. The van der Waals surface area contributed by atoms with Crippen LogP contribution >= 0.6 is 0 Å². The Morgan fingerprint density at radius 3 is 2.15 bits per heavy atom. The van der Waals surface area contributed by atoms with E-state index in [1.54, 1.807) is 24.3 Å². The third kappa shape index (κ3) is 4.95. The first-order chi connectivity index (χ1) is 11.7. The average molecular weight is 400 g/mol. The summed E-state index contributed by atoms with van der Waals surface area (Å²) in [5, 5.41) is 0.129. The molecule has 1 aliphatic rings. The summed E-state index contributed by atoms with van der Waals surface area (Å²) in [5.74, 6) is 0. The smallest absolute Gasteiger partial charge is 0.240 e. The molecule has 1 saturated heterocycles. The summed E-state index contributed by atoms with van der Waals surface area (Å²) < 4.78 is 39.9. The third-order valence-electron chi connectivity index (χ3n) is 5.48. The van der Waals surface area contributed by atoms with Gasteiger partial charge in [0, 0.05) is 6.04 Å². The number of hydrogen-bond acceptors (Lipinski definition) is 4. The van der Waals surface area contributed by atoms with Crippen LogP contribution < -0.4 is 4.72 Å². The van der Waals surface area contributed by atoms with Crippen molar-refractivity contribution in [3.05, 3.63) is 29.8 Å². The number of benzene rings is 1. The maximum absolute atomic E-state index is 12.5. The quantitative estimate of drug-likeness (QED) is 0.559. The molecule has 1 aromatic carbocycles. The molecule has 0 aliphatic carbocycles. The summed E-state index contributed by atoms with van der Waals surface area (Å²) in [6, 6.07) is 6.53. The number of nitrogens with one attached hydrogen (secondary N) is 1. The van der Waals surface area contributed by atoms with Gasteiger partial charge < -0.3 is 9.16 Å². The monoisotopic (exact) mass is 399 g/mol. The minimum Gasteiger partial charge on any atom is -0.411 e. The summed E-state index contributed by atoms with van der Waals surface area (Å²) in [4.78, 5) is 0.276. The van der Waals surface area contributed by atoms with Crippen LogP contribution in [0.3, 0.4) is 0 Å². The Kier molecular flexibility index (Phi) is 6.10. The first-order valence-corrected chi connectivity index (χ1v) is 13.6. The van der Waals surface area contributed by atoms with E-state index in [4.69, 9.17) is 9.16 Å². The SMILES string of the molecule is Cc1ccc(S(=O)(=O)N[C@H](C)[C@@H]2O[C@H]2[C@H](C)O[Si](C)(C)C(C)(C)C)cc1. The lowest BCUT2D eigenvalue weighted by Gasteiger charge is -2.38. The van der Waals surface area contributed by atoms with E-state index in [1.807, 2.05) is 20.8 Å². The number of rotatable bonds is 7. The minimum atomic E-state index is -3.55. The van der Waals surface area contributed by atoms with Gasteiger partial charge in [0.1, 0.15) is 12.2 Å². The predicted octanol–water partition coefficient (Wildman–Crippen LogP) is 3.84. The van der Waals surface area contributed by atoms with Gasteiger partial charge in [-0.05, 0) is 51.0 Å². The molecule has 7 heteroatoms. The number of ether oxygens (including phenoxy) is 1. The van der Waals surface area contributed by atoms with Crippen molar-refractivity contribution in [1.82, 2.24) is 4.72 Å². The molecule has 0 amide bonds. The highest BCUT2D eigenvalue weighted by atomic mass is 32.2. The molecule has 2 rings (SSSR count). The van der Waals surface area contributed by atoms with E-state index in [9.17, 15) is 8.42 Å². The molecule has 4 atom stereocenters. The molecule has 5 nitrogen and oxygen atoms in total. The molecule has 0 saturated carbocycles. The van der Waals surface area contributed by atoms with Gasteiger partial charge >= 0.3 is 0 Å². The van der Waals surface area contributed by atoms with Gasteiger partial charge in [0.2, 0.25) is 10.0 Å². The molecule has 1 fully saturated rings. The van der Waals surface area contributed by atoms with Crippen LogP contribution in [0.5, 0.6) is 0 Å². The van der Waals surface area contributed by atoms with Crippen LogP contribution in [-0.4, -0.2) is 41.1 Å². The molecular formula is C19H33NO4SSi. The van der Waals surface area contributed by atoms with Crippen molar-refractivity contribution in [2.75, 3.05) is 0 Å². The highest BCUT2D eigenvalue weighted by Crippen LogP contribution is 2.40. The fraction of sp³-hybridized carbons (Fsp3) is 0.684. The normalized spacial score (nSPS) is 23.5. The summed E-state index contributed by atoms with van der Waals surface area (Å²) in [5.41, 5.74) is 1.03. The van der Waals surface area contributed by atoms with Crippen LogP contribution in [0.1, 0.15) is 40.2 Å². The topological polar surface area (TPSA) is 67.9 Å². The zero-order chi connectivity index (χ0) is 19.9. The van der Waals surface area contributed by atoms with Gasteiger partial charge in [-0.1, -0.05) is 38.5 Å². The maximum atomic E-state index is 12.5. The Labute approximate surface area is 159 Å². The molecule has 1 heterocycles. The molecule has 148 valence electrons. The second-order valence-corrected chi connectivity index (χ2v) is 15.3. The lowest BCUT2D eigenvalue weighted by molar-refractivity contribution is 0.158. The Morgan fingerprint density at radius 2 is 1.65 bits per heavy atom. The van der Waals surface area contributed by atoms with E-state index in [0.717, 1.165) is 5.56 Å². The Morgan fingerprint density at radius 1 is 1.12 bits per heavy atom. The van der Waals surface area contributed by atoms with Crippen LogP contribution in [0.4, 0.5) is 0 Å². The lowest BCUT2D eigenvalue weighted by Crippen LogP contribution is -2.45. The van der Waals surface area contributed by atoms with Crippen LogP contribution in [0, 0.1) is 6.92 Å². The summed E-state index contributed by atoms with van der Waals surface area (Å²) >= 11 is 0. The van der Waals surface area contributed by atoms with Crippen molar-refractivity contribution in [2.24, 2.45) is 0 Å². The lowest BCUT2D eigenvalue weighted by atomic mass is 10.1. The Hall–Kier alpha value is -0.733. The van der Waals surface area contributed by atoms with Crippen molar-refractivity contribution in [3.63, 3.8) is 0 Å². The van der Waals surface area contributed by atoms with Crippen molar-refractivity contribution in [1.29, 1.82) is 0 Å². The van der Waals surface area contributed by atoms with Gasteiger partial charge in [-0.3, -0.25) is 0 Å². The average Bonchev–Trinajstić information content (AvgIpc) is 3.26. The van der Waals surface area contributed by atoms with Gasteiger partial charge in [0.05, 0.1) is 11.0 Å². The van der Waals surface area contributed by atoms with Crippen LogP contribution in [0.15, 0.2) is 29.2 Å². The predicted molar refractivity (Wildman–Crippen MR) is 107 cm³/mol. The Balaban J connectivity index is 1.96. The summed E-state index contributed by atoms with van der Waals surface area (Å²) in [6.07, 6.45) is -0.276. The molecule has 0 unspecified atom stereocenters. The van der Waals surface area contributed by atoms with Crippen molar-refractivity contribution in [2.45, 2.75) is 88.9 Å². The number of aryl methyl sites for hydroxylation is 1. The zero-order valence-electron chi connectivity index (χ0n) is 17.2. The molecular weight excluding hydrogens is 366 g/mol. The highest BCUT2D eigenvalue weighted by molar-refractivity contribution is 7.89. The molecule has 1 N–H and O–H groups in total. The van der Waals surface area contributed by atoms with Crippen molar-refractivity contribution < 1.29 is 17.6 Å². The van der Waals surface area contributed by atoms with Gasteiger partial charge in [-0.15, -0.1) is 0 Å². The second-order valence-electron chi connectivity index (χ2n) is 8.87. The van der Waals surface area contributed by atoms with Crippen LogP contribution in [0.25, 0.3) is 0 Å². The van der Waals surface area contributed by atoms with Crippen LogP contribution in [-0.2, 0) is 19.2 Å². The highest BCUT2D eigenvalue weighted by Gasteiger charge is 2.50. The minimum absolute atomic E-state index is 0.0489. The van der Waals surface area contributed by atoms with Gasteiger partial charge in [-0.2, -0.15) is 0 Å². The van der Waals surface area contributed by atoms with Crippen molar-refractivity contribution in [3.8, 4) is 0 Å². The summed E-state index contributed by atoms with van der Waals surface area (Å²) in [6.45, 7) is 16.8. The van der Waals surface area contributed by atoms with E-state index in [0.29, 0.717) is 0 Å². The van der Waals surface area contributed by atoms with E-state index < -0.39 is 18.3 Å². The maximum Gasteiger partial charge on any atom is 0.240 e. The number of sulfonamides is 1. The standard InChI is InChI=1S/C19H33NO4SSi/c1-13-9-11-16(12-10-13)25(21,22)20-14(2)17-18(23-17)15(3)24-26(7,8)19(4,5)6/h9-12,14-15,17-18,20H,1-8H3/t14-,15+,17+,18+/m1/s1. The number of epoxide rings is 1. The van der Waals surface area contributed by atoms with Crippen molar-refractivity contribution >= 4 is 18.3 Å².